The number of alkyl carbamates (subject to hydrolysis) is 1. The number of nitrogens with one attached hydrogen (secondary N) is 2. The molecule has 0 aromatic heterocycles. The molecule has 2 atom stereocenters. The second-order valence-electron chi connectivity index (χ2n) is 11.9. The van der Waals surface area contributed by atoms with Crippen LogP contribution in [0.2, 0.25) is 5.02 Å². The fourth-order valence-corrected chi connectivity index (χ4v) is 4.86. The van der Waals surface area contributed by atoms with E-state index in [1.54, 1.807) is 31.7 Å². The van der Waals surface area contributed by atoms with E-state index in [4.69, 9.17) is 16.3 Å². The van der Waals surface area contributed by atoms with Gasteiger partial charge in [-0.25, -0.2) is 4.79 Å². The van der Waals surface area contributed by atoms with Crippen molar-refractivity contribution in [3.63, 3.8) is 0 Å². The predicted octanol–water partition coefficient (Wildman–Crippen LogP) is 7.12. The van der Waals surface area contributed by atoms with Crippen LogP contribution in [0.4, 0.5) is 10.5 Å². The molecule has 8 heteroatoms. The van der Waals surface area contributed by atoms with Crippen LogP contribution in [0, 0.1) is 26.7 Å². The number of carbonyl (C=O) groups excluding carboxylic acids is 3. The minimum atomic E-state index is -0.970. The lowest BCUT2D eigenvalue weighted by molar-refractivity contribution is -0.143. The number of nitrogens with zero attached hydrogens (tertiary/aromatic N) is 1. The average molecular weight is 558 g/mol. The summed E-state index contributed by atoms with van der Waals surface area (Å²) in [6.07, 6.45) is -0.296. The van der Waals surface area contributed by atoms with Crippen LogP contribution in [0.15, 0.2) is 36.4 Å². The van der Waals surface area contributed by atoms with Crippen LogP contribution in [0.3, 0.4) is 0 Å². The largest absolute Gasteiger partial charge is 0.444 e. The molecule has 0 radical (unpaired) electrons. The van der Waals surface area contributed by atoms with Crippen molar-refractivity contribution in [2.75, 3.05) is 5.32 Å². The van der Waals surface area contributed by atoms with Crippen LogP contribution >= 0.6 is 11.6 Å². The topological polar surface area (TPSA) is 87.7 Å². The molecule has 2 aromatic carbocycles. The molecular formula is C31H44ClN3O4. The summed E-state index contributed by atoms with van der Waals surface area (Å²) in [5.74, 6) is -0.652. The van der Waals surface area contributed by atoms with Crippen LogP contribution in [0.1, 0.15) is 83.2 Å². The number of benzene rings is 2. The van der Waals surface area contributed by atoms with Crippen molar-refractivity contribution in [1.82, 2.24) is 10.2 Å². The Labute approximate surface area is 238 Å². The number of rotatable bonds is 9. The Balaban J connectivity index is 2.61. The van der Waals surface area contributed by atoms with Gasteiger partial charge in [-0.15, -0.1) is 0 Å². The first-order valence-corrected chi connectivity index (χ1v) is 13.8. The number of amides is 3. The molecule has 0 spiro atoms. The maximum absolute atomic E-state index is 14.2. The highest BCUT2D eigenvalue weighted by Gasteiger charge is 2.38. The monoisotopic (exact) mass is 557 g/mol. The van der Waals surface area contributed by atoms with E-state index in [1.807, 2.05) is 78.8 Å². The van der Waals surface area contributed by atoms with Gasteiger partial charge in [0.2, 0.25) is 5.91 Å². The molecule has 214 valence electrons. The van der Waals surface area contributed by atoms with E-state index in [9.17, 15) is 14.4 Å². The smallest absolute Gasteiger partial charge is 0.408 e. The van der Waals surface area contributed by atoms with E-state index >= 15 is 0 Å². The van der Waals surface area contributed by atoms with Crippen LogP contribution in [0.25, 0.3) is 0 Å². The molecule has 0 bridgehead atoms. The van der Waals surface area contributed by atoms with E-state index in [-0.39, 0.29) is 23.8 Å². The average Bonchev–Trinajstić information content (AvgIpc) is 2.76. The van der Waals surface area contributed by atoms with Gasteiger partial charge in [-0.2, -0.15) is 0 Å². The quantitative estimate of drug-likeness (QED) is 0.343. The molecule has 2 N–H and O–H groups in total. The maximum atomic E-state index is 14.2. The number of hydrogen-bond donors (Lipinski definition) is 2. The zero-order chi connectivity index (χ0) is 29.7. The van der Waals surface area contributed by atoms with Crippen LogP contribution in [-0.2, 0) is 14.3 Å². The molecule has 0 aliphatic heterocycles. The number of halogens is 1. The van der Waals surface area contributed by atoms with Gasteiger partial charge in [0.25, 0.3) is 5.91 Å². The maximum Gasteiger partial charge on any atom is 0.408 e. The second kappa shape index (κ2) is 13.3. The first kappa shape index (κ1) is 32.2. The zero-order valence-electron chi connectivity index (χ0n) is 24.9. The zero-order valence-corrected chi connectivity index (χ0v) is 25.7. The Morgan fingerprint density at radius 3 is 2.05 bits per heavy atom. The fraction of sp³-hybridized carbons (Fsp3) is 0.516. The lowest BCUT2D eigenvalue weighted by Gasteiger charge is -2.38. The molecule has 0 fully saturated rings. The normalized spacial score (nSPS) is 13.2. The van der Waals surface area contributed by atoms with Gasteiger partial charge in [-0.3, -0.25) is 9.59 Å². The Hall–Kier alpha value is -3.06. The minimum Gasteiger partial charge on any atom is -0.444 e. The molecule has 0 saturated carbocycles. The number of ether oxygens (including phenoxy) is 1. The highest BCUT2D eigenvalue weighted by molar-refractivity contribution is 6.34. The van der Waals surface area contributed by atoms with Crippen molar-refractivity contribution in [3.8, 4) is 0 Å². The molecule has 7 nitrogen and oxygen atoms in total. The van der Waals surface area contributed by atoms with Crippen molar-refractivity contribution >= 4 is 35.2 Å². The van der Waals surface area contributed by atoms with Gasteiger partial charge in [0, 0.05) is 6.04 Å². The Morgan fingerprint density at radius 1 is 0.974 bits per heavy atom. The third-order valence-electron chi connectivity index (χ3n) is 6.06. The van der Waals surface area contributed by atoms with Gasteiger partial charge < -0.3 is 20.3 Å². The predicted molar refractivity (Wildman–Crippen MR) is 158 cm³/mol. The van der Waals surface area contributed by atoms with Crippen LogP contribution in [-0.4, -0.2) is 40.5 Å². The summed E-state index contributed by atoms with van der Waals surface area (Å²) in [4.78, 5) is 42.6. The third kappa shape index (κ3) is 9.27. The van der Waals surface area contributed by atoms with Crippen molar-refractivity contribution in [3.05, 3.63) is 63.7 Å². The van der Waals surface area contributed by atoms with Crippen molar-refractivity contribution < 1.29 is 19.1 Å². The van der Waals surface area contributed by atoms with E-state index in [0.717, 1.165) is 16.7 Å². The standard InChI is InChI=1S/C31H44ClN3O4/c1-18(2)14-25(33-30(38)39-31(8,9)10)29(37)35(19(3)4)27(23-16-20(5)15-21(6)17-23)28(36)34-26-22(7)12-11-13-24(26)32/h11-13,15-19,25,27H,14H2,1-10H3,(H,33,38)(H,34,36). The molecule has 3 amide bonds. The summed E-state index contributed by atoms with van der Waals surface area (Å²) in [5.41, 5.74) is 3.21. The van der Waals surface area contributed by atoms with Gasteiger partial charge in [0.15, 0.2) is 0 Å². The Kier molecular flexibility index (Phi) is 11.0. The molecule has 2 unspecified atom stereocenters. The van der Waals surface area contributed by atoms with E-state index in [0.29, 0.717) is 22.7 Å². The molecule has 0 heterocycles. The molecule has 39 heavy (non-hydrogen) atoms. The van der Waals surface area contributed by atoms with Crippen LogP contribution < -0.4 is 10.6 Å². The van der Waals surface area contributed by atoms with E-state index < -0.39 is 23.8 Å². The van der Waals surface area contributed by atoms with Gasteiger partial charge in [0.1, 0.15) is 17.7 Å². The van der Waals surface area contributed by atoms with E-state index in [2.05, 4.69) is 10.6 Å². The molecule has 2 aromatic rings. The lowest BCUT2D eigenvalue weighted by Crippen LogP contribution is -2.54. The second-order valence-corrected chi connectivity index (χ2v) is 12.3. The first-order valence-electron chi connectivity index (χ1n) is 13.5. The molecular weight excluding hydrogens is 514 g/mol. The first-order chi connectivity index (χ1) is 18.0. The van der Waals surface area contributed by atoms with Gasteiger partial charge in [-0.1, -0.05) is 66.9 Å². The number of anilines is 1. The summed E-state index contributed by atoms with van der Waals surface area (Å²) in [5, 5.41) is 6.16. The summed E-state index contributed by atoms with van der Waals surface area (Å²) in [6.45, 7) is 18.8. The summed E-state index contributed by atoms with van der Waals surface area (Å²) in [7, 11) is 0. The highest BCUT2D eigenvalue weighted by Crippen LogP contribution is 2.31. The molecule has 0 aliphatic rings. The Bertz CT molecular complexity index is 1150. The van der Waals surface area contributed by atoms with Gasteiger partial charge in [0.05, 0.1) is 10.7 Å². The van der Waals surface area contributed by atoms with Crippen LogP contribution in [0.5, 0.6) is 0 Å². The van der Waals surface area contributed by atoms with E-state index in [1.165, 1.54) is 0 Å². The SMILES string of the molecule is Cc1cc(C)cc(C(C(=O)Nc2c(C)cccc2Cl)N(C(=O)C(CC(C)C)NC(=O)OC(C)(C)C)C(C)C)c1. The highest BCUT2D eigenvalue weighted by atomic mass is 35.5. The van der Waals surface area contributed by atoms with Gasteiger partial charge in [-0.05, 0) is 84.9 Å². The van der Waals surface area contributed by atoms with Gasteiger partial charge >= 0.3 is 6.09 Å². The lowest BCUT2D eigenvalue weighted by atomic mass is 9.95. The number of hydrogen-bond acceptors (Lipinski definition) is 4. The van der Waals surface area contributed by atoms with Crippen molar-refractivity contribution in [2.24, 2.45) is 5.92 Å². The number of para-hydroxylation sites is 1. The Morgan fingerprint density at radius 2 is 1.56 bits per heavy atom. The number of carbonyl (C=O) groups is 3. The summed E-state index contributed by atoms with van der Waals surface area (Å²) >= 11 is 6.44. The molecule has 2 rings (SSSR count). The minimum absolute atomic E-state index is 0.0992. The summed E-state index contributed by atoms with van der Waals surface area (Å²) < 4.78 is 5.45. The molecule has 0 saturated heterocycles. The number of aryl methyl sites for hydroxylation is 3. The van der Waals surface area contributed by atoms with Crippen molar-refractivity contribution in [2.45, 2.75) is 99.4 Å². The van der Waals surface area contributed by atoms with Crippen molar-refractivity contribution in [1.29, 1.82) is 0 Å². The molecule has 0 aliphatic carbocycles. The third-order valence-corrected chi connectivity index (χ3v) is 6.38. The fourth-order valence-electron chi connectivity index (χ4n) is 4.59. The summed E-state index contributed by atoms with van der Waals surface area (Å²) in [6, 6.07) is 9.02.